The molecule has 1 atom stereocenters. The number of hydrogen-bond donors (Lipinski definition) is 1. The van der Waals surface area contributed by atoms with Crippen molar-refractivity contribution in [1.82, 2.24) is 10.2 Å². The average Bonchev–Trinajstić information content (AvgIpc) is 3.15. The predicted octanol–water partition coefficient (Wildman–Crippen LogP) is 2.91. The number of amides is 3. The van der Waals surface area contributed by atoms with Gasteiger partial charge in [0.15, 0.2) is 0 Å². The third-order valence-electron chi connectivity index (χ3n) is 6.15. The molecule has 2 aliphatic heterocycles. The minimum absolute atomic E-state index is 0.0104. The highest BCUT2D eigenvalue weighted by Crippen LogP contribution is 2.29. The summed E-state index contributed by atoms with van der Waals surface area (Å²) in [5.41, 5.74) is 1.82. The molecule has 2 heterocycles. The summed E-state index contributed by atoms with van der Waals surface area (Å²) in [6, 6.07) is 13.6. The van der Waals surface area contributed by atoms with Gasteiger partial charge in [-0.25, -0.2) is 4.39 Å². The Morgan fingerprint density at radius 1 is 1.03 bits per heavy atom. The van der Waals surface area contributed by atoms with E-state index in [2.05, 4.69) is 5.32 Å². The lowest BCUT2D eigenvalue weighted by molar-refractivity contribution is -0.136. The van der Waals surface area contributed by atoms with E-state index in [1.54, 1.807) is 23.1 Å². The van der Waals surface area contributed by atoms with E-state index in [1.807, 2.05) is 31.2 Å². The van der Waals surface area contributed by atoms with Crippen LogP contribution in [-0.2, 0) is 9.59 Å². The molecule has 0 saturated carbocycles. The second kappa shape index (κ2) is 8.88. The standard InChI is InChI=1S/C24H26FN3O3/c1-16-6-2-3-7-19(16)23(30)26-18-10-12-27(13-11-18)24(31)17-14-22(29)28(15-17)21-9-5-4-8-20(21)25/h2-9,17-18H,10-15H2,1H3,(H,26,30). The molecule has 0 aromatic heterocycles. The molecule has 1 unspecified atom stereocenters. The monoisotopic (exact) mass is 423 g/mol. The molecule has 4 rings (SSSR count). The van der Waals surface area contributed by atoms with Gasteiger partial charge in [-0.2, -0.15) is 0 Å². The molecule has 3 amide bonds. The third-order valence-corrected chi connectivity index (χ3v) is 6.15. The van der Waals surface area contributed by atoms with Gasteiger partial charge < -0.3 is 15.1 Å². The van der Waals surface area contributed by atoms with Crippen LogP contribution in [0.5, 0.6) is 0 Å². The van der Waals surface area contributed by atoms with Crippen molar-refractivity contribution in [3.8, 4) is 0 Å². The van der Waals surface area contributed by atoms with E-state index in [-0.39, 0.29) is 42.4 Å². The molecule has 7 heteroatoms. The number of halogens is 1. The molecule has 31 heavy (non-hydrogen) atoms. The van der Waals surface area contributed by atoms with Crippen LogP contribution in [0.2, 0.25) is 0 Å². The zero-order chi connectivity index (χ0) is 22.0. The molecule has 0 spiro atoms. The first-order chi connectivity index (χ1) is 14.9. The van der Waals surface area contributed by atoms with Crippen molar-refractivity contribution in [2.45, 2.75) is 32.2 Å². The van der Waals surface area contributed by atoms with E-state index >= 15 is 0 Å². The number of nitrogens with zero attached hydrogens (tertiary/aromatic N) is 2. The van der Waals surface area contributed by atoms with E-state index in [9.17, 15) is 18.8 Å². The lowest BCUT2D eigenvalue weighted by atomic mass is 10.0. The van der Waals surface area contributed by atoms with Crippen LogP contribution in [0.15, 0.2) is 48.5 Å². The highest BCUT2D eigenvalue weighted by molar-refractivity contribution is 6.00. The van der Waals surface area contributed by atoms with Crippen LogP contribution < -0.4 is 10.2 Å². The van der Waals surface area contributed by atoms with Gasteiger partial charge in [0, 0.05) is 37.7 Å². The molecule has 2 saturated heterocycles. The van der Waals surface area contributed by atoms with Crippen LogP contribution in [0.3, 0.4) is 0 Å². The predicted molar refractivity (Wildman–Crippen MR) is 115 cm³/mol. The summed E-state index contributed by atoms with van der Waals surface area (Å²) in [4.78, 5) is 41.0. The van der Waals surface area contributed by atoms with Crippen LogP contribution in [0.25, 0.3) is 0 Å². The van der Waals surface area contributed by atoms with Crippen molar-refractivity contribution in [3.05, 3.63) is 65.5 Å². The quantitative estimate of drug-likeness (QED) is 0.822. The lowest BCUT2D eigenvalue weighted by Gasteiger charge is -2.34. The number of aryl methyl sites for hydroxylation is 1. The van der Waals surface area contributed by atoms with E-state index < -0.39 is 11.7 Å². The maximum atomic E-state index is 14.1. The summed E-state index contributed by atoms with van der Waals surface area (Å²) < 4.78 is 14.1. The van der Waals surface area contributed by atoms with Crippen molar-refractivity contribution >= 4 is 23.4 Å². The molecule has 162 valence electrons. The van der Waals surface area contributed by atoms with Gasteiger partial charge in [0.2, 0.25) is 11.8 Å². The maximum Gasteiger partial charge on any atom is 0.251 e. The second-order valence-corrected chi connectivity index (χ2v) is 8.24. The van der Waals surface area contributed by atoms with E-state index in [1.165, 1.54) is 11.0 Å². The number of hydrogen-bond acceptors (Lipinski definition) is 3. The fourth-order valence-electron chi connectivity index (χ4n) is 4.37. The first-order valence-electron chi connectivity index (χ1n) is 10.6. The first kappa shape index (κ1) is 21.0. The van der Waals surface area contributed by atoms with Gasteiger partial charge in [0.05, 0.1) is 11.6 Å². The first-order valence-corrected chi connectivity index (χ1v) is 10.6. The number of para-hydroxylation sites is 1. The number of benzene rings is 2. The van der Waals surface area contributed by atoms with Crippen LogP contribution in [0.1, 0.15) is 35.2 Å². The van der Waals surface area contributed by atoms with Crippen LogP contribution in [-0.4, -0.2) is 48.3 Å². The smallest absolute Gasteiger partial charge is 0.251 e. The zero-order valence-electron chi connectivity index (χ0n) is 17.5. The van der Waals surface area contributed by atoms with Crippen molar-refractivity contribution < 1.29 is 18.8 Å². The number of carbonyl (C=O) groups excluding carboxylic acids is 3. The van der Waals surface area contributed by atoms with Crippen LogP contribution in [0.4, 0.5) is 10.1 Å². The molecule has 1 N–H and O–H groups in total. The molecule has 0 radical (unpaired) electrons. The van der Waals surface area contributed by atoms with Gasteiger partial charge in [-0.3, -0.25) is 14.4 Å². The Morgan fingerprint density at radius 3 is 2.42 bits per heavy atom. The highest BCUT2D eigenvalue weighted by Gasteiger charge is 2.38. The largest absolute Gasteiger partial charge is 0.349 e. The lowest BCUT2D eigenvalue weighted by Crippen LogP contribution is -2.48. The molecule has 6 nitrogen and oxygen atoms in total. The van der Waals surface area contributed by atoms with Gasteiger partial charge in [-0.15, -0.1) is 0 Å². The van der Waals surface area contributed by atoms with Crippen molar-refractivity contribution in [2.24, 2.45) is 5.92 Å². The van der Waals surface area contributed by atoms with Gasteiger partial charge in [0.25, 0.3) is 5.91 Å². The Labute approximate surface area is 181 Å². The van der Waals surface area contributed by atoms with E-state index in [0.29, 0.717) is 31.5 Å². The second-order valence-electron chi connectivity index (χ2n) is 8.24. The molecule has 2 fully saturated rings. The summed E-state index contributed by atoms with van der Waals surface area (Å²) in [5, 5.41) is 3.07. The molecule has 0 bridgehead atoms. The van der Waals surface area contributed by atoms with Gasteiger partial charge >= 0.3 is 0 Å². The fraction of sp³-hybridized carbons (Fsp3) is 0.375. The highest BCUT2D eigenvalue weighted by atomic mass is 19.1. The van der Waals surface area contributed by atoms with Crippen molar-refractivity contribution in [2.75, 3.05) is 24.5 Å². The average molecular weight is 423 g/mol. The summed E-state index contributed by atoms with van der Waals surface area (Å²) >= 11 is 0. The minimum Gasteiger partial charge on any atom is -0.349 e. The molecular formula is C24H26FN3O3. The molecule has 2 aromatic carbocycles. The number of likely N-dealkylation sites (tertiary alicyclic amines) is 1. The Morgan fingerprint density at radius 2 is 1.71 bits per heavy atom. The normalized spacial score (nSPS) is 19.5. The molecule has 0 aliphatic carbocycles. The summed E-state index contributed by atoms with van der Waals surface area (Å²) in [6.07, 6.45) is 1.43. The Kier molecular flexibility index (Phi) is 6.02. The summed E-state index contributed by atoms with van der Waals surface area (Å²) in [6.45, 7) is 3.16. The van der Waals surface area contributed by atoms with Gasteiger partial charge in [-0.05, 0) is 43.5 Å². The van der Waals surface area contributed by atoms with E-state index in [4.69, 9.17) is 0 Å². The number of rotatable bonds is 4. The van der Waals surface area contributed by atoms with Crippen molar-refractivity contribution in [3.63, 3.8) is 0 Å². The summed E-state index contributed by atoms with van der Waals surface area (Å²) in [7, 11) is 0. The number of piperidine rings is 1. The molecule has 2 aromatic rings. The topological polar surface area (TPSA) is 69.7 Å². The number of anilines is 1. The Balaban J connectivity index is 1.32. The number of carbonyl (C=O) groups is 3. The Bertz CT molecular complexity index is 1000. The van der Waals surface area contributed by atoms with E-state index in [0.717, 1.165) is 5.56 Å². The maximum absolute atomic E-state index is 14.1. The van der Waals surface area contributed by atoms with Crippen molar-refractivity contribution in [1.29, 1.82) is 0 Å². The van der Waals surface area contributed by atoms with Crippen LogP contribution in [0, 0.1) is 18.7 Å². The van der Waals surface area contributed by atoms with Crippen LogP contribution >= 0.6 is 0 Å². The minimum atomic E-state index is -0.467. The fourth-order valence-corrected chi connectivity index (χ4v) is 4.37. The SMILES string of the molecule is Cc1ccccc1C(=O)NC1CCN(C(=O)C2CC(=O)N(c3ccccc3F)C2)CC1. The van der Waals surface area contributed by atoms with Gasteiger partial charge in [0.1, 0.15) is 5.82 Å². The third kappa shape index (κ3) is 4.45. The number of nitrogens with one attached hydrogen (secondary N) is 1. The molecular weight excluding hydrogens is 397 g/mol. The zero-order valence-corrected chi connectivity index (χ0v) is 17.5. The summed E-state index contributed by atoms with van der Waals surface area (Å²) in [5.74, 6) is -1.33. The molecule has 2 aliphatic rings. The van der Waals surface area contributed by atoms with Gasteiger partial charge in [-0.1, -0.05) is 30.3 Å². The Hall–Kier alpha value is -3.22.